The van der Waals surface area contributed by atoms with Crippen LogP contribution in [0.4, 0.5) is 5.13 Å². The van der Waals surface area contributed by atoms with Gasteiger partial charge in [-0.3, -0.25) is 10.1 Å². The normalized spacial score (nSPS) is 10.7. The number of nitrogens with one attached hydrogen (secondary N) is 1. The summed E-state index contributed by atoms with van der Waals surface area (Å²) in [5.74, 6) is -0.0469. The molecule has 1 aromatic carbocycles. The van der Waals surface area contributed by atoms with Crippen LogP contribution in [0.3, 0.4) is 0 Å². The molecule has 0 spiro atoms. The topological polar surface area (TPSA) is 64.1 Å². The van der Waals surface area contributed by atoms with Gasteiger partial charge in [0.05, 0.1) is 21.8 Å². The van der Waals surface area contributed by atoms with E-state index in [2.05, 4.69) is 15.3 Å². The number of hydrogen-bond acceptors (Lipinski definition) is 5. The lowest BCUT2D eigenvalue weighted by Crippen LogP contribution is -2.14. The molecule has 0 fully saturated rings. The van der Waals surface area contributed by atoms with Crippen molar-refractivity contribution in [1.29, 1.82) is 0 Å². The Bertz CT molecular complexity index is 879. The van der Waals surface area contributed by atoms with Crippen LogP contribution < -0.4 is 10.1 Å². The van der Waals surface area contributed by atoms with Gasteiger partial charge in [-0.1, -0.05) is 29.0 Å². The van der Waals surface area contributed by atoms with E-state index in [9.17, 15) is 4.79 Å². The summed E-state index contributed by atoms with van der Waals surface area (Å²) >= 11 is 7.47. The van der Waals surface area contributed by atoms with Gasteiger partial charge in [0.1, 0.15) is 0 Å². The van der Waals surface area contributed by atoms with Crippen molar-refractivity contribution in [3.8, 4) is 5.88 Å². The van der Waals surface area contributed by atoms with Gasteiger partial charge >= 0.3 is 0 Å². The van der Waals surface area contributed by atoms with Gasteiger partial charge in [0.2, 0.25) is 5.88 Å². The fourth-order valence-electron chi connectivity index (χ4n) is 2.05. The van der Waals surface area contributed by atoms with E-state index in [0.29, 0.717) is 17.6 Å². The average Bonchev–Trinajstić information content (AvgIpc) is 2.90. The lowest BCUT2D eigenvalue weighted by Gasteiger charge is -2.06. The highest BCUT2D eigenvalue weighted by atomic mass is 35.5. The molecule has 23 heavy (non-hydrogen) atoms. The number of hydrogen-bond donors (Lipinski definition) is 1. The number of ether oxygens (including phenoxy) is 1. The number of benzene rings is 1. The van der Waals surface area contributed by atoms with Crippen molar-refractivity contribution in [2.75, 3.05) is 11.9 Å². The van der Waals surface area contributed by atoms with E-state index < -0.39 is 5.91 Å². The number of fused-ring (bicyclic) bond motifs is 1. The molecule has 2 heterocycles. The minimum absolute atomic E-state index is 0.119. The number of aryl methyl sites for hydroxylation is 1. The second-order valence-corrected chi connectivity index (χ2v) is 6.30. The number of anilines is 1. The van der Waals surface area contributed by atoms with Crippen molar-refractivity contribution in [2.45, 2.75) is 13.8 Å². The summed E-state index contributed by atoms with van der Waals surface area (Å²) in [6.07, 6.45) is 0. The minimum Gasteiger partial charge on any atom is -0.478 e. The zero-order valence-electron chi connectivity index (χ0n) is 12.6. The van der Waals surface area contributed by atoms with Crippen LogP contribution in [0.2, 0.25) is 5.02 Å². The third kappa shape index (κ3) is 3.43. The Hall–Kier alpha value is -2.18. The van der Waals surface area contributed by atoms with E-state index in [1.165, 1.54) is 11.3 Å². The first kappa shape index (κ1) is 15.7. The Morgan fingerprint density at radius 2 is 2.13 bits per heavy atom. The highest BCUT2D eigenvalue weighted by molar-refractivity contribution is 7.22. The molecule has 0 saturated carbocycles. The van der Waals surface area contributed by atoms with Crippen LogP contribution in [0.5, 0.6) is 5.88 Å². The van der Waals surface area contributed by atoms with Crippen LogP contribution in [-0.4, -0.2) is 22.5 Å². The Kier molecular flexibility index (Phi) is 4.45. The molecule has 1 amide bonds. The van der Waals surface area contributed by atoms with Gasteiger partial charge in [-0.15, -0.1) is 0 Å². The monoisotopic (exact) mass is 347 g/mol. The highest BCUT2D eigenvalue weighted by Gasteiger charge is 2.16. The van der Waals surface area contributed by atoms with Crippen molar-refractivity contribution in [3.63, 3.8) is 0 Å². The molecule has 2 aromatic heterocycles. The lowest BCUT2D eigenvalue weighted by molar-refractivity contribution is 0.102. The Labute approximate surface area is 142 Å². The van der Waals surface area contributed by atoms with E-state index in [-0.39, 0.29) is 10.7 Å². The van der Waals surface area contributed by atoms with Gasteiger partial charge in [0.15, 0.2) is 10.8 Å². The molecular weight excluding hydrogens is 334 g/mol. The summed E-state index contributed by atoms with van der Waals surface area (Å²) in [4.78, 5) is 20.9. The van der Waals surface area contributed by atoms with E-state index in [1.54, 1.807) is 12.1 Å². The first-order valence-corrected chi connectivity index (χ1v) is 8.24. The molecule has 0 saturated heterocycles. The average molecular weight is 348 g/mol. The molecule has 1 N–H and O–H groups in total. The summed E-state index contributed by atoms with van der Waals surface area (Å²) in [5.41, 5.74) is 2.11. The first-order valence-electron chi connectivity index (χ1n) is 7.04. The molecule has 3 aromatic rings. The lowest BCUT2D eigenvalue weighted by atomic mass is 10.2. The minimum atomic E-state index is -0.410. The zero-order valence-corrected chi connectivity index (χ0v) is 14.2. The Balaban J connectivity index is 1.86. The van der Waals surface area contributed by atoms with Gasteiger partial charge < -0.3 is 4.74 Å². The van der Waals surface area contributed by atoms with Crippen LogP contribution in [0.15, 0.2) is 30.3 Å². The van der Waals surface area contributed by atoms with Crippen molar-refractivity contribution >= 4 is 44.2 Å². The summed E-state index contributed by atoms with van der Waals surface area (Å²) in [6.45, 7) is 4.33. The van der Waals surface area contributed by atoms with Crippen LogP contribution in [0.1, 0.15) is 23.0 Å². The molecular formula is C16H14ClN3O2S. The summed E-state index contributed by atoms with van der Waals surface area (Å²) in [6, 6.07) is 9.16. The molecule has 0 radical (unpaired) electrons. The van der Waals surface area contributed by atoms with Crippen LogP contribution in [0.25, 0.3) is 10.2 Å². The van der Waals surface area contributed by atoms with Crippen LogP contribution >= 0.6 is 22.9 Å². The third-order valence-corrected chi connectivity index (χ3v) is 4.33. The fourth-order valence-corrected chi connectivity index (χ4v) is 3.20. The number of carbonyl (C=O) groups is 1. The molecule has 0 bridgehead atoms. The number of halogens is 1. The number of carbonyl (C=O) groups excluding carboxylic acids is 1. The third-order valence-electron chi connectivity index (χ3n) is 3.09. The second-order valence-electron chi connectivity index (χ2n) is 4.86. The largest absolute Gasteiger partial charge is 0.478 e. The molecule has 0 aliphatic heterocycles. The molecule has 0 unspecified atom stereocenters. The maximum Gasteiger partial charge on any atom is 0.277 e. The highest BCUT2D eigenvalue weighted by Crippen LogP contribution is 2.27. The number of thiazole rings is 1. The van der Waals surface area contributed by atoms with Crippen LogP contribution in [0, 0.1) is 6.92 Å². The summed E-state index contributed by atoms with van der Waals surface area (Å²) in [7, 11) is 0. The van der Waals surface area contributed by atoms with Crippen molar-refractivity contribution in [3.05, 3.63) is 46.6 Å². The maximum absolute atomic E-state index is 12.4. The fraction of sp³-hybridized carbons (Fsp3) is 0.188. The van der Waals surface area contributed by atoms with Gasteiger partial charge in [-0.25, -0.2) is 9.97 Å². The first-order chi connectivity index (χ1) is 11.1. The molecule has 7 heteroatoms. The number of nitrogens with zero attached hydrogens (tertiary/aromatic N) is 2. The standard InChI is InChI=1S/C16H14ClN3O2S/c1-3-22-13-7-5-10(17)14(19-13)15(21)20-16-18-11-6-4-9(2)8-12(11)23-16/h4-8H,3H2,1-2H3,(H,18,20,21). The molecule has 3 rings (SSSR count). The predicted octanol–water partition coefficient (Wildman–Crippen LogP) is 4.30. The van der Waals surface area contributed by atoms with E-state index in [0.717, 1.165) is 15.8 Å². The van der Waals surface area contributed by atoms with E-state index in [4.69, 9.17) is 16.3 Å². The summed E-state index contributed by atoms with van der Waals surface area (Å²) < 4.78 is 6.32. The van der Waals surface area contributed by atoms with Crippen molar-refractivity contribution in [2.24, 2.45) is 0 Å². The quantitative estimate of drug-likeness (QED) is 0.764. The summed E-state index contributed by atoms with van der Waals surface area (Å²) in [5, 5.41) is 3.52. The number of aromatic nitrogens is 2. The number of amides is 1. The molecule has 5 nitrogen and oxygen atoms in total. The molecule has 0 atom stereocenters. The van der Waals surface area contributed by atoms with Crippen molar-refractivity contribution in [1.82, 2.24) is 9.97 Å². The van der Waals surface area contributed by atoms with Gasteiger partial charge in [0, 0.05) is 6.07 Å². The van der Waals surface area contributed by atoms with Gasteiger partial charge in [0.25, 0.3) is 5.91 Å². The van der Waals surface area contributed by atoms with E-state index >= 15 is 0 Å². The molecule has 0 aliphatic carbocycles. The predicted molar refractivity (Wildman–Crippen MR) is 92.7 cm³/mol. The zero-order chi connectivity index (χ0) is 16.4. The van der Waals surface area contributed by atoms with E-state index in [1.807, 2.05) is 32.0 Å². The maximum atomic E-state index is 12.4. The number of rotatable bonds is 4. The Morgan fingerprint density at radius 3 is 2.91 bits per heavy atom. The van der Waals surface area contributed by atoms with Crippen molar-refractivity contribution < 1.29 is 9.53 Å². The van der Waals surface area contributed by atoms with Crippen LogP contribution in [-0.2, 0) is 0 Å². The second kappa shape index (κ2) is 6.52. The van der Waals surface area contributed by atoms with Gasteiger partial charge in [-0.05, 0) is 37.6 Å². The molecule has 0 aliphatic rings. The Morgan fingerprint density at radius 1 is 1.30 bits per heavy atom. The number of pyridine rings is 1. The van der Waals surface area contributed by atoms with Gasteiger partial charge in [-0.2, -0.15) is 0 Å². The smallest absolute Gasteiger partial charge is 0.277 e. The molecule has 118 valence electrons. The SMILES string of the molecule is CCOc1ccc(Cl)c(C(=O)Nc2nc3ccc(C)cc3s2)n1.